The Bertz CT molecular complexity index is 740. The van der Waals surface area contributed by atoms with Crippen LogP contribution in [0.25, 0.3) is 0 Å². The quantitative estimate of drug-likeness (QED) is 0.852. The lowest BCUT2D eigenvalue weighted by Gasteiger charge is -2.32. The molecule has 3 saturated heterocycles. The van der Waals surface area contributed by atoms with Crippen LogP contribution in [0.5, 0.6) is 0 Å². The van der Waals surface area contributed by atoms with E-state index in [1.165, 1.54) is 0 Å². The molecule has 8 heteroatoms. The van der Waals surface area contributed by atoms with E-state index in [2.05, 4.69) is 10.2 Å². The Balaban J connectivity index is 1.56. The fourth-order valence-corrected chi connectivity index (χ4v) is 5.52. The van der Waals surface area contributed by atoms with Crippen molar-refractivity contribution in [1.29, 1.82) is 0 Å². The second-order valence-electron chi connectivity index (χ2n) is 7.02. The third kappa shape index (κ3) is 3.17. The minimum atomic E-state index is -0.434. The predicted octanol–water partition coefficient (Wildman–Crippen LogP) is 2.57. The zero-order valence-electron chi connectivity index (χ0n) is 14.7. The van der Waals surface area contributed by atoms with Gasteiger partial charge in [0.25, 0.3) is 0 Å². The fourth-order valence-electron chi connectivity index (χ4n) is 3.92. The van der Waals surface area contributed by atoms with Gasteiger partial charge in [0.15, 0.2) is 0 Å². The first kappa shape index (κ1) is 17.9. The van der Waals surface area contributed by atoms with Gasteiger partial charge in [0.2, 0.25) is 11.8 Å². The summed E-state index contributed by atoms with van der Waals surface area (Å²) in [5, 5.41) is 3.60. The highest BCUT2D eigenvalue weighted by atomic mass is 35.5. The van der Waals surface area contributed by atoms with E-state index in [4.69, 9.17) is 16.3 Å². The van der Waals surface area contributed by atoms with Crippen molar-refractivity contribution in [3.05, 3.63) is 23.2 Å². The number of halogens is 1. The van der Waals surface area contributed by atoms with Crippen LogP contribution in [0.4, 0.5) is 11.4 Å². The molecule has 1 N–H and O–H groups in total. The summed E-state index contributed by atoms with van der Waals surface area (Å²) >= 11 is 7.86. The summed E-state index contributed by atoms with van der Waals surface area (Å²) in [6.07, 6.45) is 1.32. The molecule has 2 atom stereocenters. The first-order valence-corrected chi connectivity index (χ1v) is 10.2. The van der Waals surface area contributed by atoms with Gasteiger partial charge in [-0.15, -0.1) is 11.8 Å². The molecule has 3 fully saturated rings. The van der Waals surface area contributed by atoms with E-state index in [1.54, 1.807) is 22.7 Å². The molecule has 0 bridgehead atoms. The summed E-state index contributed by atoms with van der Waals surface area (Å²) in [6.45, 7) is 4.92. The van der Waals surface area contributed by atoms with Crippen molar-refractivity contribution in [2.24, 2.45) is 0 Å². The highest BCUT2D eigenvalue weighted by Crippen LogP contribution is 2.47. The minimum absolute atomic E-state index is 0.0668. The monoisotopic (exact) mass is 395 g/mol. The van der Waals surface area contributed by atoms with Crippen LogP contribution in [0.3, 0.4) is 0 Å². The zero-order chi connectivity index (χ0) is 18.3. The smallest absolute Gasteiger partial charge is 0.248 e. The molecule has 0 unspecified atom stereocenters. The summed E-state index contributed by atoms with van der Waals surface area (Å²) in [7, 11) is 0. The minimum Gasteiger partial charge on any atom is -0.378 e. The van der Waals surface area contributed by atoms with E-state index >= 15 is 0 Å². The number of nitrogens with one attached hydrogen (secondary N) is 1. The number of anilines is 2. The number of rotatable bonds is 3. The second-order valence-corrected chi connectivity index (χ2v) is 8.95. The van der Waals surface area contributed by atoms with Crippen molar-refractivity contribution < 1.29 is 14.3 Å². The van der Waals surface area contributed by atoms with Gasteiger partial charge in [-0.25, -0.2) is 0 Å². The summed E-state index contributed by atoms with van der Waals surface area (Å²) in [6, 6.07) is 5.10. The molecule has 140 valence electrons. The number of nitrogens with zero attached hydrogens (tertiary/aromatic N) is 2. The SMILES string of the molecule is C[C@]12CCC(=O)N1[C@H](C(=O)Nc1cc(Cl)ccc1N1CCOCC1)CS2. The van der Waals surface area contributed by atoms with Crippen molar-refractivity contribution in [3.8, 4) is 0 Å². The molecule has 0 aromatic heterocycles. The molecule has 4 rings (SSSR count). The molecule has 1 aromatic carbocycles. The van der Waals surface area contributed by atoms with Gasteiger partial charge in [-0.05, 0) is 31.5 Å². The third-order valence-electron chi connectivity index (χ3n) is 5.32. The standard InChI is InChI=1S/C18H22ClN3O3S/c1-18-5-4-16(23)22(18)15(11-26-18)17(24)20-13-10-12(19)2-3-14(13)21-6-8-25-9-7-21/h2-3,10,15H,4-9,11H2,1H3,(H,20,24)/t15-,18-/m0/s1. The summed E-state index contributed by atoms with van der Waals surface area (Å²) in [4.78, 5) is 29.0. The Kier molecular flexibility index (Phi) is 4.79. The lowest BCUT2D eigenvalue weighted by Crippen LogP contribution is -2.48. The van der Waals surface area contributed by atoms with Crippen LogP contribution in [0.1, 0.15) is 19.8 Å². The van der Waals surface area contributed by atoms with Gasteiger partial charge in [0.05, 0.1) is 29.5 Å². The van der Waals surface area contributed by atoms with Crippen molar-refractivity contribution in [1.82, 2.24) is 4.90 Å². The number of thioether (sulfide) groups is 1. The van der Waals surface area contributed by atoms with Gasteiger partial charge < -0.3 is 19.9 Å². The average Bonchev–Trinajstić information content (AvgIpc) is 3.12. The number of ether oxygens (including phenoxy) is 1. The molecule has 26 heavy (non-hydrogen) atoms. The molecule has 3 aliphatic rings. The molecule has 1 aromatic rings. The van der Waals surface area contributed by atoms with Crippen LogP contribution in [-0.4, -0.2) is 59.7 Å². The van der Waals surface area contributed by atoms with Gasteiger partial charge in [-0.2, -0.15) is 0 Å². The highest BCUT2D eigenvalue weighted by Gasteiger charge is 2.52. The van der Waals surface area contributed by atoms with Crippen molar-refractivity contribution >= 4 is 46.6 Å². The maximum atomic E-state index is 13.0. The van der Waals surface area contributed by atoms with E-state index in [9.17, 15) is 9.59 Å². The van der Waals surface area contributed by atoms with E-state index in [1.807, 2.05) is 19.1 Å². The Labute approximate surface area is 162 Å². The first-order chi connectivity index (χ1) is 12.5. The Morgan fingerprint density at radius 3 is 2.92 bits per heavy atom. The molecule has 3 heterocycles. The van der Waals surface area contributed by atoms with Gasteiger partial charge in [0, 0.05) is 30.3 Å². The molecule has 0 radical (unpaired) electrons. The van der Waals surface area contributed by atoms with Crippen molar-refractivity contribution in [2.45, 2.75) is 30.7 Å². The Hall–Kier alpha value is -1.44. The first-order valence-electron chi connectivity index (χ1n) is 8.87. The van der Waals surface area contributed by atoms with E-state index in [0.29, 0.717) is 36.1 Å². The number of carbonyl (C=O) groups excluding carboxylic acids is 2. The van der Waals surface area contributed by atoms with E-state index in [0.717, 1.165) is 25.2 Å². The topological polar surface area (TPSA) is 61.9 Å². The Morgan fingerprint density at radius 1 is 1.38 bits per heavy atom. The number of benzene rings is 1. The second kappa shape index (κ2) is 6.94. The lowest BCUT2D eigenvalue weighted by molar-refractivity contribution is -0.135. The fraction of sp³-hybridized carbons (Fsp3) is 0.556. The number of fused-ring (bicyclic) bond motifs is 1. The number of amides is 2. The normalized spacial score (nSPS) is 28.4. The molecular formula is C18H22ClN3O3S. The molecular weight excluding hydrogens is 374 g/mol. The van der Waals surface area contributed by atoms with Gasteiger partial charge in [0.1, 0.15) is 6.04 Å². The summed E-state index contributed by atoms with van der Waals surface area (Å²) in [5.41, 5.74) is 1.63. The molecule has 6 nitrogen and oxygen atoms in total. The van der Waals surface area contributed by atoms with Gasteiger partial charge in [-0.1, -0.05) is 11.6 Å². The average molecular weight is 396 g/mol. The number of carbonyl (C=O) groups is 2. The number of hydrogen-bond acceptors (Lipinski definition) is 5. The van der Waals surface area contributed by atoms with Crippen LogP contribution in [0, 0.1) is 0 Å². The van der Waals surface area contributed by atoms with E-state index in [-0.39, 0.29) is 16.7 Å². The molecule has 2 amide bonds. The predicted molar refractivity (Wildman–Crippen MR) is 104 cm³/mol. The van der Waals surface area contributed by atoms with Crippen LogP contribution in [-0.2, 0) is 14.3 Å². The van der Waals surface area contributed by atoms with Gasteiger partial charge in [-0.3, -0.25) is 9.59 Å². The summed E-state index contributed by atoms with van der Waals surface area (Å²) < 4.78 is 5.42. The zero-order valence-corrected chi connectivity index (χ0v) is 16.2. The maximum Gasteiger partial charge on any atom is 0.248 e. The van der Waals surface area contributed by atoms with Gasteiger partial charge >= 0.3 is 0 Å². The number of morpholine rings is 1. The largest absolute Gasteiger partial charge is 0.378 e. The molecule has 0 saturated carbocycles. The van der Waals surface area contributed by atoms with Crippen LogP contribution in [0.15, 0.2) is 18.2 Å². The number of hydrogen-bond donors (Lipinski definition) is 1. The maximum absolute atomic E-state index is 13.0. The molecule has 0 spiro atoms. The van der Waals surface area contributed by atoms with Crippen molar-refractivity contribution in [2.75, 3.05) is 42.3 Å². The molecule has 3 aliphatic heterocycles. The summed E-state index contributed by atoms with van der Waals surface area (Å²) in [5.74, 6) is 0.548. The highest BCUT2D eigenvalue weighted by molar-refractivity contribution is 8.01. The third-order valence-corrected chi connectivity index (χ3v) is 7.06. The van der Waals surface area contributed by atoms with Crippen molar-refractivity contribution in [3.63, 3.8) is 0 Å². The molecule has 0 aliphatic carbocycles. The van der Waals surface area contributed by atoms with E-state index < -0.39 is 6.04 Å². The van der Waals surface area contributed by atoms with Crippen LogP contribution < -0.4 is 10.2 Å². The Morgan fingerprint density at radius 2 is 2.15 bits per heavy atom. The lowest BCUT2D eigenvalue weighted by atomic mass is 10.2. The van der Waals surface area contributed by atoms with Crippen LogP contribution in [0.2, 0.25) is 5.02 Å². The van der Waals surface area contributed by atoms with Crippen LogP contribution >= 0.6 is 23.4 Å².